The van der Waals surface area contributed by atoms with Crippen molar-refractivity contribution in [1.82, 2.24) is 4.31 Å². The van der Waals surface area contributed by atoms with E-state index in [1.165, 1.54) is 31.3 Å². The second-order valence-corrected chi connectivity index (χ2v) is 7.71. The van der Waals surface area contributed by atoms with Gasteiger partial charge in [0, 0.05) is 13.6 Å². The number of carboxylic acids is 1. The van der Waals surface area contributed by atoms with Gasteiger partial charge in [0.25, 0.3) is 10.0 Å². The van der Waals surface area contributed by atoms with Crippen molar-refractivity contribution in [1.29, 1.82) is 0 Å². The lowest BCUT2D eigenvalue weighted by molar-refractivity contribution is 0.0702. The van der Waals surface area contributed by atoms with Crippen molar-refractivity contribution in [2.24, 2.45) is 0 Å². The molecule has 8 heteroatoms. The predicted octanol–water partition coefficient (Wildman–Crippen LogP) is 1.97. The zero-order valence-corrected chi connectivity index (χ0v) is 12.7. The van der Waals surface area contributed by atoms with Gasteiger partial charge in [0.1, 0.15) is 14.8 Å². The van der Waals surface area contributed by atoms with Crippen LogP contribution in [0.15, 0.2) is 40.6 Å². The third-order valence-electron chi connectivity index (χ3n) is 2.77. The summed E-state index contributed by atoms with van der Waals surface area (Å²) in [5.74, 6) is -1.10. The van der Waals surface area contributed by atoms with Crippen molar-refractivity contribution in [3.8, 4) is 5.75 Å². The van der Waals surface area contributed by atoms with Crippen LogP contribution < -0.4 is 0 Å². The fourth-order valence-electron chi connectivity index (χ4n) is 1.72. The van der Waals surface area contributed by atoms with E-state index in [4.69, 9.17) is 5.11 Å². The number of aromatic carboxylic acids is 1. The van der Waals surface area contributed by atoms with Crippen LogP contribution in [0.25, 0.3) is 0 Å². The van der Waals surface area contributed by atoms with Gasteiger partial charge in [-0.15, -0.1) is 11.3 Å². The molecule has 21 heavy (non-hydrogen) atoms. The molecule has 0 radical (unpaired) electrons. The van der Waals surface area contributed by atoms with Crippen LogP contribution in [0.3, 0.4) is 0 Å². The lowest BCUT2D eigenvalue weighted by Crippen LogP contribution is -2.25. The molecule has 2 rings (SSSR count). The van der Waals surface area contributed by atoms with Gasteiger partial charge in [-0.25, -0.2) is 13.2 Å². The fraction of sp³-hybridized carbons (Fsp3) is 0.154. The molecule has 0 aliphatic heterocycles. The van der Waals surface area contributed by atoms with E-state index >= 15 is 0 Å². The molecule has 0 aliphatic carbocycles. The van der Waals surface area contributed by atoms with E-state index in [-0.39, 0.29) is 21.4 Å². The summed E-state index contributed by atoms with van der Waals surface area (Å²) in [7, 11) is -2.35. The van der Waals surface area contributed by atoms with E-state index < -0.39 is 16.0 Å². The van der Waals surface area contributed by atoms with Crippen molar-refractivity contribution in [3.05, 3.63) is 46.8 Å². The maximum absolute atomic E-state index is 12.3. The predicted molar refractivity (Wildman–Crippen MR) is 78.0 cm³/mol. The highest BCUT2D eigenvalue weighted by Gasteiger charge is 2.24. The normalized spacial score (nSPS) is 11.7. The van der Waals surface area contributed by atoms with Crippen molar-refractivity contribution < 1.29 is 23.4 Å². The van der Waals surface area contributed by atoms with Crippen molar-refractivity contribution in [3.63, 3.8) is 0 Å². The number of benzene rings is 1. The molecule has 0 saturated carbocycles. The topological polar surface area (TPSA) is 94.9 Å². The molecule has 1 heterocycles. The summed E-state index contributed by atoms with van der Waals surface area (Å²) < 4.78 is 25.8. The molecular formula is C13H13NO5S2. The summed E-state index contributed by atoms with van der Waals surface area (Å²) in [5, 5.41) is 18.2. The number of rotatable bonds is 5. The molecule has 0 amide bonds. The van der Waals surface area contributed by atoms with Crippen molar-refractivity contribution >= 4 is 27.3 Å². The molecule has 0 saturated heterocycles. The zero-order valence-electron chi connectivity index (χ0n) is 11.1. The highest BCUT2D eigenvalue weighted by Crippen LogP contribution is 2.25. The molecule has 6 nitrogen and oxygen atoms in total. The van der Waals surface area contributed by atoms with Crippen LogP contribution in [0.4, 0.5) is 0 Å². The zero-order chi connectivity index (χ0) is 15.6. The molecule has 0 atom stereocenters. The molecule has 0 aliphatic rings. The van der Waals surface area contributed by atoms with Crippen LogP contribution in [0.2, 0.25) is 0 Å². The van der Waals surface area contributed by atoms with E-state index in [0.29, 0.717) is 16.9 Å². The van der Waals surface area contributed by atoms with Crippen LogP contribution in [0.1, 0.15) is 15.2 Å². The molecule has 0 spiro atoms. The summed E-state index contributed by atoms with van der Waals surface area (Å²) in [6.45, 7) is 0.0804. The third-order valence-corrected chi connectivity index (χ3v) is 6.12. The number of phenols is 1. The van der Waals surface area contributed by atoms with Crippen LogP contribution in [-0.2, 0) is 16.6 Å². The average molecular weight is 327 g/mol. The highest BCUT2D eigenvalue weighted by atomic mass is 32.2. The van der Waals surface area contributed by atoms with E-state index in [1.807, 2.05) is 0 Å². The Balaban J connectivity index is 2.23. The molecule has 0 fully saturated rings. The SMILES string of the molecule is CN(Cc1cccc(O)c1)S(=O)(=O)c1ccc(C(=O)O)s1. The maximum Gasteiger partial charge on any atom is 0.345 e. The van der Waals surface area contributed by atoms with E-state index in [0.717, 1.165) is 4.31 Å². The van der Waals surface area contributed by atoms with Gasteiger partial charge >= 0.3 is 5.97 Å². The summed E-state index contributed by atoms with van der Waals surface area (Å²) in [4.78, 5) is 10.8. The van der Waals surface area contributed by atoms with Gasteiger partial charge < -0.3 is 10.2 Å². The molecule has 112 valence electrons. The number of hydrogen-bond acceptors (Lipinski definition) is 5. The highest BCUT2D eigenvalue weighted by molar-refractivity contribution is 7.91. The number of carboxylic acid groups (broad SMARTS) is 1. The standard InChI is InChI=1S/C13H13NO5S2/c1-14(8-9-3-2-4-10(15)7-9)21(18,19)12-6-5-11(20-12)13(16)17/h2-7,15H,8H2,1H3,(H,16,17). The minimum Gasteiger partial charge on any atom is -0.508 e. The first-order valence-corrected chi connectivity index (χ1v) is 8.14. The number of thiophene rings is 1. The Kier molecular flexibility index (Phi) is 4.31. The summed E-state index contributed by atoms with van der Waals surface area (Å²) in [6.07, 6.45) is 0. The molecule has 1 aromatic carbocycles. The largest absolute Gasteiger partial charge is 0.508 e. The molecular weight excluding hydrogens is 314 g/mol. The molecule has 2 aromatic rings. The Labute approximate surface area is 125 Å². The van der Waals surface area contributed by atoms with Gasteiger partial charge in [-0.3, -0.25) is 0 Å². The van der Waals surface area contributed by atoms with Crippen LogP contribution in [-0.4, -0.2) is 36.0 Å². The van der Waals surface area contributed by atoms with Crippen molar-refractivity contribution in [2.45, 2.75) is 10.8 Å². The fourth-order valence-corrected chi connectivity index (χ4v) is 4.24. The molecule has 1 aromatic heterocycles. The number of carbonyl (C=O) groups is 1. The van der Waals surface area contributed by atoms with E-state index in [1.54, 1.807) is 12.1 Å². The van der Waals surface area contributed by atoms with Crippen LogP contribution in [0.5, 0.6) is 5.75 Å². The number of hydrogen-bond donors (Lipinski definition) is 2. The Hall–Kier alpha value is -1.90. The van der Waals surface area contributed by atoms with Crippen molar-refractivity contribution in [2.75, 3.05) is 7.05 Å². The minimum absolute atomic E-state index is 0.0254. The monoisotopic (exact) mass is 327 g/mol. The van der Waals surface area contributed by atoms with Crippen LogP contribution >= 0.6 is 11.3 Å². The Bertz CT molecular complexity index is 766. The van der Waals surface area contributed by atoms with Gasteiger partial charge in [-0.2, -0.15) is 4.31 Å². The third kappa shape index (κ3) is 3.41. The average Bonchev–Trinajstić information content (AvgIpc) is 2.89. The first-order valence-electron chi connectivity index (χ1n) is 5.88. The minimum atomic E-state index is -3.76. The number of sulfonamides is 1. The molecule has 0 unspecified atom stereocenters. The number of aromatic hydroxyl groups is 1. The Morgan fingerprint density at radius 3 is 2.57 bits per heavy atom. The Morgan fingerprint density at radius 1 is 1.29 bits per heavy atom. The lowest BCUT2D eigenvalue weighted by Gasteiger charge is -2.16. The first-order chi connectivity index (χ1) is 9.80. The number of nitrogens with zero attached hydrogens (tertiary/aromatic N) is 1. The maximum atomic E-state index is 12.3. The van der Waals surface area contributed by atoms with Gasteiger partial charge in [0.05, 0.1) is 0 Å². The van der Waals surface area contributed by atoms with Gasteiger partial charge in [-0.05, 0) is 29.8 Å². The summed E-state index contributed by atoms with van der Waals surface area (Å²) in [6, 6.07) is 8.84. The number of phenolic OH excluding ortho intramolecular Hbond substituents is 1. The lowest BCUT2D eigenvalue weighted by atomic mass is 10.2. The van der Waals surface area contributed by atoms with Crippen LogP contribution in [0, 0.1) is 0 Å². The van der Waals surface area contributed by atoms with Gasteiger partial charge in [0.15, 0.2) is 0 Å². The summed E-state index contributed by atoms with van der Waals surface area (Å²) >= 11 is 0.711. The quantitative estimate of drug-likeness (QED) is 0.875. The second kappa shape index (κ2) is 5.84. The molecule has 0 bridgehead atoms. The first kappa shape index (κ1) is 15.5. The van der Waals surface area contributed by atoms with E-state index in [9.17, 15) is 18.3 Å². The smallest absolute Gasteiger partial charge is 0.345 e. The Morgan fingerprint density at radius 2 is 2.00 bits per heavy atom. The van der Waals surface area contributed by atoms with E-state index in [2.05, 4.69) is 0 Å². The molecule has 2 N–H and O–H groups in total. The van der Waals surface area contributed by atoms with Gasteiger partial charge in [-0.1, -0.05) is 12.1 Å². The van der Waals surface area contributed by atoms with Gasteiger partial charge in [0.2, 0.25) is 0 Å². The summed E-state index contributed by atoms with van der Waals surface area (Å²) in [5.41, 5.74) is 0.635. The second-order valence-electron chi connectivity index (χ2n) is 4.35.